The molecular formula is C11H14BrFN2O. The molecule has 0 saturated heterocycles. The summed E-state index contributed by atoms with van der Waals surface area (Å²) in [5.74, 6) is -0.698. The van der Waals surface area contributed by atoms with Crippen LogP contribution in [0.15, 0.2) is 22.7 Å². The van der Waals surface area contributed by atoms with Crippen LogP contribution in [0.25, 0.3) is 0 Å². The third-order valence-corrected chi connectivity index (χ3v) is 2.81. The molecule has 0 heterocycles. The Morgan fingerprint density at radius 2 is 2.31 bits per heavy atom. The topological polar surface area (TPSA) is 55.1 Å². The summed E-state index contributed by atoms with van der Waals surface area (Å²) >= 11 is 3.22. The van der Waals surface area contributed by atoms with Crippen molar-refractivity contribution in [3.63, 3.8) is 0 Å². The number of benzene rings is 1. The first kappa shape index (κ1) is 13.1. The summed E-state index contributed by atoms with van der Waals surface area (Å²) in [4.78, 5) is 11.6. The predicted octanol–water partition coefficient (Wildman–Crippen LogP) is 2.65. The van der Waals surface area contributed by atoms with Crippen LogP contribution in [0.4, 0.5) is 10.1 Å². The van der Waals surface area contributed by atoms with Crippen LogP contribution in [0.5, 0.6) is 0 Å². The van der Waals surface area contributed by atoms with Gasteiger partial charge in [0.15, 0.2) is 0 Å². The number of hydrogen-bond acceptors (Lipinski definition) is 2. The lowest BCUT2D eigenvalue weighted by Gasteiger charge is -2.12. The molecule has 3 N–H and O–H groups in total. The van der Waals surface area contributed by atoms with Gasteiger partial charge in [-0.15, -0.1) is 0 Å². The molecule has 0 bridgehead atoms. The van der Waals surface area contributed by atoms with Crippen molar-refractivity contribution in [2.24, 2.45) is 5.73 Å². The average molecular weight is 289 g/mol. The molecule has 1 aromatic carbocycles. The molecule has 0 fully saturated rings. The minimum absolute atomic E-state index is 0.298. The van der Waals surface area contributed by atoms with Gasteiger partial charge in [0.05, 0.1) is 11.7 Å². The number of nitrogens with two attached hydrogens (primary N) is 1. The molecule has 0 unspecified atom stereocenters. The smallest absolute Gasteiger partial charge is 0.241 e. The highest BCUT2D eigenvalue weighted by Gasteiger charge is 2.13. The van der Waals surface area contributed by atoms with Crippen molar-refractivity contribution >= 4 is 27.5 Å². The number of hydrogen-bond donors (Lipinski definition) is 2. The first-order valence-electron chi connectivity index (χ1n) is 5.06. The zero-order chi connectivity index (χ0) is 12.1. The fourth-order valence-corrected chi connectivity index (χ4v) is 1.61. The van der Waals surface area contributed by atoms with E-state index >= 15 is 0 Å². The van der Waals surface area contributed by atoms with Crippen LogP contribution >= 0.6 is 15.9 Å². The molecule has 0 spiro atoms. The molecule has 1 atom stereocenters. The van der Waals surface area contributed by atoms with Crippen LogP contribution in [0.3, 0.4) is 0 Å². The fourth-order valence-electron chi connectivity index (χ4n) is 1.26. The van der Waals surface area contributed by atoms with Crippen molar-refractivity contribution in [2.45, 2.75) is 25.8 Å². The summed E-state index contributed by atoms with van der Waals surface area (Å²) in [5, 5.41) is 2.58. The molecule has 88 valence electrons. The third kappa shape index (κ3) is 3.57. The number of nitrogens with one attached hydrogen (secondary N) is 1. The Balaban J connectivity index is 2.72. The van der Waals surface area contributed by atoms with Crippen LogP contribution in [-0.2, 0) is 4.79 Å². The van der Waals surface area contributed by atoms with Crippen LogP contribution in [0.1, 0.15) is 19.8 Å². The van der Waals surface area contributed by atoms with E-state index in [0.29, 0.717) is 16.6 Å². The summed E-state index contributed by atoms with van der Waals surface area (Å²) in [6.07, 6.45) is 1.44. The normalized spacial score (nSPS) is 12.2. The first-order valence-corrected chi connectivity index (χ1v) is 5.85. The number of anilines is 1. The van der Waals surface area contributed by atoms with Gasteiger partial charge in [-0.25, -0.2) is 4.39 Å². The summed E-state index contributed by atoms with van der Waals surface area (Å²) in [6.45, 7) is 1.95. The Bertz CT molecular complexity index is 384. The van der Waals surface area contributed by atoms with E-state index in [2.05, 4.69) is 21.2 Å². The van der Waals surface area contributed by atoms with Crippen LogP contribution in [0, 0.1) is 5.82 Å². The Morgan fingerprint density at radius 3 is 2.94 bits per heavy atom. The van der Waals surface area contributed by atoms with Gasteiger partial charge < -0.3 is 11.1 Å². The molecule has 16 heavy (non-hydrogen) atoms. The van der Waals surface area contributed by atoms with Crippen molar-refractivity contribution in [3.8, 4) is 0 Å². The summed E-state index contributed by atoms with van der Waals surface area (Å²) in [6, 6.07) is 3.54. The molecule has 0 aliphatic heterocycles. The van der Waals surface area contributed by atoms with Crippen LogP contribution in [-0.4, -0.2) is 11.9 Å². The predicted molar refractivity (Wildman–Crippen MR) is 65.6 cm³/mol. The van der Waals surface area contributed by atoms with E-state index in [1.54, 1.807) is 0 Å². The van der Waals surface area contributed by atoms with Gasteiger partial charge in [-0.05, 0) is 40.5 Å². The third-order valence-electron chi connectivity index (χ3n) is 2.12. The molecule has 3 nitrogen and oxygen atoms in total. The average Bonchev–Trinajstić information content (AvgIpc) is 2.23. The molecule has 0 saturated carbocycles. The van der Waals surface area contributed by atoms with Gasteiger partial charge in [0, 0.05) is 4.47 Å². The quantitative estimate of drug-likeness (QED) is 0.895. The molecule has 0 radical (unpaired) electrons. The second-order valence-corrected chi connectivity index (χ2v) is 4.36. The van der Waals surface area contributed by atoms with Crippen molar-refractivity contribution in [2.75, 3.05) is 5.32 Å². The zero-order valence-electron chi connectivity index (χ0n) is 8.97. The summed E-state index contributed by atoms with van der Waals surface area (Å²) in [7, 11) is 0. The largest absolute Gasteiger partial charge is 0.324 e. The number of rotatable bonds is 4. The van der Waals surface area contributed by atoms with E-state index in [4.69, 9.17) is 5.73 Å². The number of carbonyl (C=O) groups excluding carboxylic acids is 1. The highest BCUT2D eigenvalue weighted by Crippen LogP contribution is 2.23. The van der Waals surface area contributed by atoms with Crippen LogP contribution in [0.2, 0.25) is 0 Å². The second kappa shape index (κ2) is 5.96. The van der Waals surface area contributed by atoms with Gasteiger partial charge in [-0.1, -0.05) is 13.3 Å². The highest BCUT2D eigenvalue weighted by molar-refractivity contribution is 9.10. The Hall–Kier alpha value is -0.940. The van der Waals surface area contributed by atoms with Crippen molar-refractivity contribution in [1.29, 1.82) is 0 Å². The maximum absolute atomic E-state index is 12.9. The molecule has 0 aliphatic rings. The number of carbonyl (C=O) groups is 1. The maximum atomic E-state index is 12.9. The molecule has 5 heteroatoms. The first-order chi connectivity index (χ1) is 7.54. The minimum atomic E-state index is -0.555. The van der Waals surface area contributed by atoms with E-state index < -0.39 is 11.9 Å². The fraction of sp³-hybridized carbons (Fsp3) is 0.364. The van der Waals surface area contributed by atoms with Gasteiger partial charge in [0.1, 0.15) is 5.82 Å². The monoisotopic (exact) mass is 288 g/mol. The molecule has 1 amide bonds. The zero-order valence-corrected chi connectivity index (χ0v) is 10.6. The van der Waals surface area contributed by atoms with Crippen molar-refractivity contribution < 1.29 is 9.18 Å². The lowest BCUT2D eigenvalue weighted by molar-refractivity contribution is -0.117. The van der Waals surface area contributed by atoms with Gasteiger partial charge in [-0.2, -0.15) is 0 Å². The Labute approximate surface area is 102 Å². The molecule has 1 rings (SSSR count). The molecular weight excluding hydrogens is 275 g/mol. The number of halogens is 2. The molecule has 0 aliphatic carbocycles. The number of amides is 1. The molecule has 0 aromatic heterocycles. The second-order valence-electron chi connectivity index (χ2n) is 3.51. The van der Waals surface area contributed by atoms with Crippen LogP contribution < -0.4 is 11.1 Å². The minimum Gasteiger partial charge on any atom is -0.324 e. The van der Waals surface area contributed by atoms with Gasteiger partial charge in [0.2, 0.25) is 5.91 Å². The lowest BCUT2D eigenvalue weighted by Crippen LogP contribution is -2.35. The SMILES string of the molecule is CCC[C@H](N)C(=O)Nc1cc(F)ccc1Br. The van der Waals surface area contributed by atoms with Gasteiger partial charge in [0.25, 0.3) is 0 Å². The van der Waals surface area contributed by atoms with E-state index in [9.17, 15) is 9.18 Å². The van der Waals surface area contributed by atoms with E-state index in [-0.39, 0.29) is 5.91 Å². The van der Waals surface area contributed by atoms with E-state index in [1.165, 1.54) is 18.2 Å². The van der Waals surface area contributed by atoms with Gasteiger partial charge >= 0.3 is 0 Å². The highest BCUT2D eigenvalue weighted by atomic mass is 79.9. The summed E-state index contributed by atoms with van der Waals surface area (Å²) in [5.41, 5.74) is 6.04. The maximum Gasteiger partial charge on any atom is 0.241 e. The van der Waals surface area contributed by atoms with E-state index in [1.807, 2.05) is 6.92 Å². The van der Waals surface area contributed by atoms with E-state index in [0.717, 1.165) is 6.42 Å². The Morgan fingerprint density at radius 1 is 1.62 bits per heavy atom. The summed E-state index contributed by atoms with van der Waals surface area (Å²) < 4.78 is 13.6. The van der Waals surface area contributed by atoms with Crippen molar-refractivity contribution in [1.82, 2.24) is 0 Å². The molecule has 1 aromatic rings. The van der Waals surface area contributed by atoms with Crippen molar-refractivity contribution in [3.05, 3.63) is 28.5 Å². The lowest BCUT2D eigenvalue weighted by atomic mass is 10.1. The standard InChI is InChI=1S/C11H14BrFN2O/c1-2-3-9(14)11(16)15-10-6-7(13)4-5-8(10)12/h4-6,9H,2-3,14H2,1H3,(H,15,16)/t9-/m0/s1. The van der Waals surface area contributed by atoms with Gasteiger partial charge in [-0.3, -0.25) is 4.79 Å². The Kier molecular flexibility index (Phi) is 4.89.